The van der Waals surface area contributed by atoms with Gasteiger partial charge in [0.05, 0.1) is 12.7 Å². The monoisotopic (exact) mass is 195 g/mol. The van der Waals surface area contributed by atoms with Crippen molar-refractivity contribution in [2.75, 3.05) is 32.8 Å². The molecule has 1 aliphatic heterocycles. The molecule has 0 aromatic heterocycles. The van der Waals surface area contributed by atoms with Crippen LogP contribution in [-0.2, 0) is 4.74 Å². The minimum Gasteiger partial charge on any atom is -0.361 e. The van der Waals surface area contributed by atoms with E-state index in [1.807, 2.05) is 0 Å². The Bertz CT molecular complexity index is 255. The Balaban J connectivity index is 2.18. The maximum atomic E-state index is 8.65. The van der Waals surface area contributed by atoms with Crippen molar-refractivity contribution in [3.63, 3.8) is 0 Å². The smallest absolute Gasteiger partial charge is 0.156 e. The molecular formula is C8H13N5O. The average Bonchev–Trinajstić information content (AvgIpc) is 2.25. The van der Waals surface area contributed by atoms with E-state index in [9.17, 15) is 0 Å². The number of hydrogen-bond donors (Lipinski definition) is 0. The molecule has 0 aromatic rings. The fourth-order valence-corrected chi connectivity index (χ4v) is 1.39. The van der Waals surface area contributed by atoms with Crippen molar-refractivity contribution in [2.45, 2.75) is 12.5 Å². The first kappa shape index (κ1) is 10.8. The second-order valence-corrected chi connectivity index (χ2v) is 3.10. The lowest BCUT2D eigenvalue weighted by Crippen LogP contribution is -2.42. The summed E-state index contributed by atoms with van der Waals surface area (Å²) in [4.78, 5) is 4.84. The standard InChI is InChI=1S/C8H13N5O/c9-6-8-7-13(4-5-14-8)3-1-2-11-12-10/h8H,1-5,7H2. The van der Waals surface area contributed by atoms with Crippen molar-refractivity contribution in [3.05, 3.63) is 10.4 Å². The number of morpholine rings is 1. The normalized spacial score (nSPS) is 22.4. The summed E-state index contributed by atoms with van der Waals surface area (Å²) in [5.74, 6) is 0. The molecule has 0 amide bonds. The summed E-state index contributed by atoms with van der Waals surface area (Å²) in [5.41, 5.74) is 8.07. The van der Waals surface area contributed by atoms with Gasteiger partial charge in [-0.3, -0.25) is 4.90 Å². The van der Waals surface area contributed by atoms with Crippen LogP contribution in [0.1, 0.15) is 6.42 Å². The van der Waals surface area contributed by atoms with Crippen LogP contribution in [-0.4, -0.2) is 43.8 Å². The maximum absolute atomic E-state index is 8.65. The largest absolute Gasteiger partial charge is 0.361 e. The highest BCUT2D eigenvalue weighted by Gasteiger charge is 2.18. The number of nitriles is 1. The number of azide groups is 1. The lowest BCUT2D eigenvalue weighted by Gasteiger charge is -2.29. The van der Waals surface area contributed by atoms with Gasteiger partial charge in [-0.05, 0) is 18.5 Å². The minimum atomic E-state index is -0.303. The van der Waals surface area contributed by atoms with Gasteiger partial charge < -0.3 is 4.74 Å². The second kappa shape index (κ2) is 6.22. The zero-order chi connectivity index (χ0) is 10.2. The van der Waals surface area contributed by atoms with Crippen LogP contribution in [0.3, 0.4) is 0 Å². The van der Waals surface area contributed by atoms with Crippen LogP contribution in [0.2, 0.25) is 0 Å². The Morgan fingerprint density at radius 2 is 2.57 bits per heavy atom. The van der Waals surface area contributed by atoms with Gasteiger partial charge in [-0.2, -0.15) is 5.26 Å². The highest BCUT2D eigenvalue weighted by atomic mass is 16.5. The first-order valence-electron chi connectivity index (χ1n) is 4.61. The Morgan fingerprint density at radius 1 is 1.71 bits per heavy atom. The molecule has 1 saturated heterocycles. The molecule has 0 bridgehead atoms. The summed E-state index contributed by atoms with van der Waals surface area (Å²) in [6.07, 6.45) is 0.533. The van der Waals surface area contributed by atoms with E-state index in [4.69, 9.17) is 15.5 Å². The molecule has 1 unspecified atom stereocenters. The third-order valence-electron chi connectivity index (χ3n) is 2.09. The minimum absolute atomic E-state index is 0.303. The average molecular weight is 195 g/mol. The third kappa shape index (κ3) is 3.62. The number of nitrogens with zero attached hydrogens (tertiary/aromatic N) is 5. The number of rotatable bonds is 4. The summed E-state index contributed by atoms with van der Waals surface area (Å²) in [7, 11) is 0. The van der Waals surface area contributed by atoms with Crippen molar-refractivity contribution < 1.29 is 4.74 Å². The number of hydrogen-bond acceptors (Lipinski definition) is 4. The molecule has 0 radical (unpaired) electrons. The Morgan fingerprint density at radius 3 is 3.29 bits per heavy atom. The van der Waals surface area contributed by atoms with Gasteiger partial charge in [0.15, 0.2) is 6.10 Å². The van der Waals surface area contributed by atoms with Gasteiger partial charge in [-0.15, -0.1) is 0 Å². The van der Waals surface area contributed by atoms with Crippen molar-refractivity contribution in [1.82, 2.24) is 4.90 Å². The molecule has 6 nitrogen and oxygen atoms in total. The lowest BCUT2D eigenvalue weighted by atomic mass is 10.3. The van der Waals surface area contributed by atoms with Crippen molar-refractivity contribution in [3.8, 4) is 6.07 Å². The fourth-order valence-electron chi connectivity index (χ4n) is 1.39. The predicted octanol–water partition coefficient (Wildman–Crippen LogP) is 0.911. The topological polar surface area (TPSA) is 85.0 Å². The zero-order valence-corrected chi connectivity index (χ0v) is 7.96. The van der Waals surface area contributed by atoms with E-state index >= 15 is 0 Å². The van der Waals surface area contributed by atoms with Crippen LogP contribution in [0.5, 0.6) is 0 Å². The van der Waals surface area contributed by atoms with E-state index < -0.39 is 0 Å². The lowest BCUT2D eigenvalue weighted by molar-refractivity contribution is 0.000482. The molecule has 0 aromatic carbocycles. The highest BCUT2D eigenvalue weighted by Crippen LogP contribution is 2.04. The van der Waals surface area contributed by atoms with Crippen LogP contribution in [0, 0.1) is 11.3 Å². The van der Waals surface area contributed by atoms with Crippen LogP contribution in [0.4, 0.5) is 0 Å². The first-order valence-corrected chi connectivity index (χ1v) is 4.61. The first-order chi connectivity index (χ1) is 6.86. The van der Waals surface area contributed by atoms with Gasteiger partial charge in [0.25, 0.3) is 0 Å². The summed E-state index contributed by atoms with van der Waals surface area (Å²) >= 11 is 0. The van der Waals surface area contributed by atoms with E-state index in [2.05, 4.69) is 21.0 Å². The van der Waals surface area contributed by atoms with Crippen LogP contribution >= 0.6 is 0 Å². The van der Waals surface area contributed by atoms with Gasteiger partial charge in [0.2, 0.25) is 0 Å². The Hall–Kier alpha value is -1.28. The van der Waals surface area contributed by atoms with Gasteiger partial charge in [-0.25, -0.2) is 0 Å². The Kier molecular flexibility index (Phi) is 4.79. The van der Waals surface area contributed by atoms with Gasteiger partial charge in [-0.1, -0.05) is 5.11 Å². The van der Waals surface area contributed by atoms with Gasteiger partial charge in [0, 0.05) is 24.5 Å². The van der Waals surface area contributed by atoms with E-state index in [-0.39, 0.29) is 6.10 Å². The summed E-state index contributed by atoms with van der Waals surface area (Å²) in [6, 6.07) is 2.09. The summed E-state index contributed by atoms with van der Waals surface area (Å²) in [6.45, 7) is 3.51. The molecule has 6 heteroatoms. The van der Waals surface area contributed by atoms with Crippen LogP contribution < -0.4 is 0 Å². The molecule has 76 valence electrons. The molecule has 0 N–H and O–H groups in total. The van der Waals surface area contributed by atoms with E-state index in [1.54, 1.807) is 0 Å². The molecular weight excluding hydrogens is 182 g/mol. The van der Waals surface area contributed by atoms with Crippen molar-refractivity contribution >= 4 is 0 Å². The quantitative estimate of drug-likeness (QED) is 0.289. The van der Waals surface area contributed by atoms with Crippen molar-refractivity contribution in [1.29, 1.82) is 5.26 Å². The van der Waals surface area contributed by atoms with Crippen LogP contribution in [0.25, 0.3) is 10.4 Å². The van der Waals surface area contributed by atoms with E-state index in [1.165, 1.54) is 0 Å². The summed E-state index contributed by atoms with van der Waals surface area (Å²) < 4.78 is 5.20. The molecule has 14 heavy (non-hydrogen) atoms. The second-order valence-electron chi connectivity index (χ2n) is 3.10. The molecule has 1 atom stereocenters. The van der Waals surface area contributed by atoms with Crippen LogP contribution in [0.15, 0.2) is 5.11 Å². The molecule has 1 fully saturated rings. The van der Waals surface area contributed by atoms with E-state index in [0.717, 1.165) is 19.5 Å². The SMILES string of the molecule is N#CC1CN(CCCN=[N+]=[N-])CCO1. The van der Waals surface area contributed by atoms with E-state index in [0.29, 0.717) is 19.7 Å². The predicted molar refractivity (Wildman–Crippen MR) is 50.4 cm³/mol. The Labute approximate surface area is 82.7 Å². The highest BCUT2D eigenvalue weighted by molar-refractivity contribution is 4.89. The van der Waals surface area contributed by atoms with Crippen molar-refractivity contribution in [2.24, 2.45) is 5.11 Å². The molecule has 0 saturated carbocycles. The molecule has 1 aliphatic rings. The fraction of sp³-hybridized carbons (Fsp3) is 0.875. The molecule has 1 rings (SSSR count). The maximum Gasteiger partial charge on any atom is 0.156 e. The zero-order valence-electron chi connectivity index (χ0n) is 7.96. The van der Waals surface area contributed by atoms with Gasteiger partial charge in [0.1, 0.15) is 0 Å². The molecule has 0 spiro atoms. The van der Waals surface area contributed by atoms with Gasteiger partial charge >= 0.3 is 0 Å². The number of ether oxygens (including phenoxy) is 1. The third-order valence-corrected chi connectivity index (χ3v) is 2.09. The molecule has 0 aliphatic carbocycles. The summed E-state index contributed by atoms with van der Waals surface area (Å²) in [5, 5.41) is 12.1. The molecule has 1 heterocycles.